The molecule has 0 bridgehead atoms. The Labute approximate surface area is 178 Å². The molecule has 0 aromatic heterocycles. The third kappa shape index (κ3) is 7.37. The Morgan fingerprint density at radius 2 is 1.39 bits per heavy atom. The van der Waals surface area contributed by atoms with Crippen LogP contribution in [0.25, 0.3) is 11.1 Å². The number of benzene rings is 2. The maximum atomic E-state index is 12.3. The highest BCUT2D eigenvalue weighted by Gasteiger charge is 2.58. The van der Waals surface area contributed by atoms with Crippen LogP contribution >= 0.6 is 0 Å². The monoisotopic (exact) mass is 438 g/mol. The fourth-order valence-corrected chi connectivity index (χ4v) is 2.82. The van der Waals surface area contributed by atoms with Gasteiger partial charge in [0.15, 0.2) is 0 Å². The van der Waals surface area contributed by atoms with Crippen LogP contribution in [0.4, 0.5) is 18.9 Å². The normalized spacial score (nSPS) is 11.8. The van der Waals surface area contributed by atoms with Gasteiger partial charge in [0.05, 0.1) is 0 Å². The summed E-state index contributed by atoms with van der Waals surface area (Å²) >= 11 is 0. The second kappa shape index (κ2) is 10.9. The fourth-order valence-electron chi connectivity index (χ4n) is 2.82. The highest BCUT2D eigenvalue weighted by atomic mass is 19.4. The van der Waals surface area contributed by atoms with Gasteiger partial charge in [-0.05, 0) is 36.1 Å². The van der Waals surface area contributed by atoms with E-state index >= 15 is 0 Å². The Kier molecular flexibility index (Phi) is 8.58. The molecule has 0 unspecified atom stereocenters. The molecule has 0 aliphatic rings. The first kappa shape index (κ1) is 24.4. The first-order valence-corrected chi connectivity index (χ1v) is 9.86. The highest BCUT2D eigenvalue weighted by Crippen LogP contribution is 2.28. The summed E-state index contributed by atoms with van der Waals surface area (Å²) in [6.07, 6.45) is -3.05. The van der Waals surface area contributed by atoms with Gasteiger partial charge < -0.3 is 20.8 Å². The molecule has 0 aliphatic heterocycles. The van der Waals surface area contributed by atoms with E-state index < -0.39 is 17.9 Å². The van der Waals surface area contributed by atoms with Crippen molar-refractivity contribution in [2.24, 2.45) is 0 Å². The Balaban J connectivity index is 1.61. The van der Waals surface area contributed by atoms with Crippen LogP contribution in [0, 0.1) is 0 Å². The molecule has 0 radical (unpaired) electrons. The maximum absolute atomic E-state index is 12.3. The van der Waals surface area contributed by atoms with Crippen LogP contribution in [0.1, 0.15) is 32.1 Å². The van der Waals surface area contributed by atoms with E-state index in [9.17, 15) is 22.8 Å². The van der Waals surface area contributed by atoms with Gasteiger partial charge in [-0.15, -0.1) is 0 Å². The molecule has 0 heterocycles. The van der Waals surface area contributed by atoms with Crippen LogP contribution < -0.4 is 10.6 Å². The van der Waals surface area contributed by atoms with E-state index in [1.54, 1.807) is 0 Å². The highest BCUT2D eigenvalue weighted by molar-refractivity contribution is 5.91. The average molecular weight is 438 g/mol. The fraction of sp³-hybridized carbons (Fsp3) is 0.364. The number of nitrogens with one attached hydrogen (secondary N) is 2. The van der Waals surface area contributed by atoms with E-state index in [-0.39, 0.29) is 18.9 Å². The van der Waals surface area contributed by atoms with E-state index in [4.69, 9.17) is 10.2 Å². The van der Waals surface area contributed by atoms with Gasteiger partial charge in [-0.1, -0.05) is 55.3 Å². The number of carbonyl (C=O) groups excluding carboxylic acids is 2. The van der Waals surface area contributed by atoms with Crippen LogP contribution in [0.2, 0.25) is 0 Å². The molecule has 2 aromatic rings. The minimum Gasteiger partial charge on any atom is -0.351 e. The lowest BCUT2D eigenvalue weighted by molar-refractivity contribution is -0.328. The zero-order valence-electron chi connectivity index (χ0n) is 16.8. The van der Waals surface area contributed by atoms with Crippen molar-refractivity contribution < 1.29 is 33.0 Å². The van der Waals surface area contributed by atoms with Crippen molar-refractivity contribution in [3.8, 4) is 11.1 Å². The molecule has 0 saturated carbocycles. The number of unbranched alkanes of at least 4 members (excludes halogenated alkanes) is 3. The molecule has 31 heavy (non-hydrogen) atoms. The molecule has 168 valence electrons. The van der Waals surface area contributed by atoms with Gasteiger partial charge in [0.2, 0.25) is 5.91 Å². The van der Waals surface area contributed by atoms with Gasteiger partial charge in [0, 0.05) is 18.7 Å². The number of rotatable bonds is 10. The third-order valence-electron chi connectivity index (χ3n) is 4.60. The van der Waals surface area contributed by atoms with Crippen molar-refractivity contribution in [1.29, 1.82) is 0 Å². The quantitative estimate of drug-likeness (QED) is 0.337. The van der Waals surface area contributed by atoms with Crippen LogP contribution in [-0.4, -0.2) is 40.5 Å². The number of hydrogen-bond acceptors (Lipinski definition) is 4. The van der Waals surface area contributed by atoms with Crippen molar-refractivity contribution in [3.05, 3.63) is 54.6 Å². The van der Waals surface area contributed by atoms with Crippen molar-refractivity contribution in [2.75, 3.05) is 11.9 Å². The molecule has 2 aromatic carbocycles. The van der Waals surface area contributed by atoms with Crippen LogP contribution in [0.5, 0.6) is 0 Å². The lowest BCUT2D eigenvalue weighted by Crippen LogP contribution is -2.57. The predicted octanol–water partition coefficient (Wildman–Crippen LogP) is 3.60. The topological polar surface area (TPSA) is 98.7 Å². The van der Waals surface area contributed by atoms with E-state index in [2.05, 4.69) is 5.32 Å². The number of carbonyl (C=O) groups is 2. The van der Waals surface area contributed by atoms with Gasteiger partial charge >= 0.3 is 12.0 Å². The SMILES string of the molecule is O=C(CCCCCCNC(=O)C(O)(O)C(F)(F)F)Nc1ccc(-c2ccccc2)cc1. The number of alkyl halides is 3. The molecule has 9 heteroatoms. The summed E-state index contributed by atoms with van der Waals surface area (Å²) in [7, 11) is 0. The minimum atomic E-state index is -5.47. The Morgan fingerprint density at radius 3 is 2.00 bits per heavy atom. The number of hydrogen-bond donors (Lipinski definition) is 4. The van der Waals surface area contributed by atoms with Gasteiger partial charge in [-0.25, -0.2) is 0 Å². The summed E-state index contributed by atoms with van der Waals surface area (Å²) in [5.74, 6) is -6.45. The maximum Gasteiger partial charge on any atom is 0.453 e. The molecule has 2 rings (SSSR count). The summed E-state index contributed by atoms with van der Waals surface area (Å²) in [6.45, 7) is -0.127. The number of aliphatic hydroxyl groups is 2. The van der Waals surface area contributed by atoms with Crippen molar-refractivity contribution in [3.63, 3.8) is 0 Å². The van der Waals surface area contributed by atoms with E-state index in [0.29, 0.717) is 31.4 Å². The Hall–Kier alpha value is -2.91. The first-order valence-electron chi connectivity index (χ1n) is 9.86. The molecule has 0 fully saturated rings. The summed E-state index contributed by atoms with van der Waals surface area (Å²) in [4.78, 5) is 23.2. The molecule has 6 nitrogen and oxygen atoms in total. The zero-order valence-corrected chi connectivity index (χ0v) is 16.8. The van der Waals surface area contributed by atoms with E-state index in [1.807, 2.05) is 59.9 Å². The molecule has 2 amide bonds. The lowest BCUT2D eigenvalue weighted by Gasteiger charge is -2.22. The summed E-state index contributed by atoms with van der Waals surface area (Å²) < 4.78 is 36.9. The van der Waals surface area contributed by atoms with Crippen LogP contribution in [0.15, 0.2) is 54.6 Å². The second-order valence-electron chi connectivity index (χ2n) is 7.08. The first-order chi connectivity index (χ1) is 14.6. The standard InChI is InChI=1S/C22H25F3N2O4/c23-22(24,25)21(30,31)20(29)26-15-7-2-1-6-10-19(28)27-18-13-11-17(12-14-18)16-8-4-3-5-9-16/h3-5,8-9,11-14,30-31H,1-2,6-7,10,15H2,(H,26,29)(H,27,28). The van der Waals surface area contributed by atoms with E-state index in [1.165, 1.54) is 0 Å². The Bertz CT molecular complexity index is 853. The zero-order chi connectivity index (χ0) is 22.9. The molecule has 0 spiro atoms. The number of anilines is 1. The summed E-state index contributed by atoms with van der Waals surface area (Å²) in [6, 6.07) is 17.3. The molecule has 0 saturated heterocycles. The van der Waals surface area contributed by atoms with Crippen LogP contribution in [0.3, 0.4) is 0 Å². The number of halogens is 3. The lowest BCUT2D eigenvalue weighted by atomic mass is 10.1. The van der Waals surface area contributed by atoms with Crippen molar-refractivity contribution >= 4 is 17.5 Å². The number of amides is 2. The third-order valence-corrected chi connectivity index (χ3v) is 4.60. The second-order valence-corrected chi connectivity index (χ2v) is 7.08. The van der Waals surface area contributed by atoms with E-state index in [0.717, 1.165) is 11.1 Å². The van der Waals surface area contributed by atoms with Gasteiger partial charge in [-0.2, -0.15) is 13.2 Å². The molecule has 0 aliphatic carbocycles. The molecular weight excluding hydrogens is 413 g/mol. The van der Waals surface area contributed by atoms with Gasteiger partial charge in [-0.3, -0.25) is 9.59 Å². The Morgan fingerprint density at radius 1 is 0.806 bits per heavy atom. The minimum absolute atomic E-state index is 0.127. The molecular formula is C22H25F3N2O4. The van der Waals surface area contributed by atoms with Gasteiger partial charge in [0.25, 0.3) is 5.91 Å². The van der Waals surface area contributed by atoms with Gasteiger partial charge in [0.1, 0.15) is 0 Å². The predicted molar refractivity (Wildman–Crippen MR) is 110 cm³/mol. The average Bonchev–Trinajstić information content (AvgIpc) is 2.73. The van der Waals surface area contributed by atoms with Crippen LogP contribution in [-0.2, 0) is 9.59 Å². The largest absolute Gasteiger partial charge is 0.453 e. The summed E-state index contributed by atoms with van der Waals surface area (Å²) in [5, 5.41) is 22.2. The molecule has 4 N–H and O–H groups in total. The van der Waals surface area contributed by atoms with Crippen molar-refractivity contribution in [2.45, 2.75) is 44.1 Å². The van der Waals surface area contributed by atoms with Crippen molar-refractivity contribution in [1.82, 2.24) is 5.32 Å². The molecule has 0 atom stereocenters. The summed E-state index contributed by atoms with van der Waals surface area (Å²) in [5.41, 5.74) is 2.81. The smallest absolute Gasteiger partial charge is 0.351 e.